The zero-order valence-corrected chi connectivity index (χ0v) is 7.77. The van der Waals surface area contributed by atoms with Crippen LogP contribution in [0.4, 0.5) is 0 Å². The molecule has 0 aromatic carbocycles. The number of hydrogen-bond donors (Lipinski definition) is 0. The lowest BCUT2D eigenvalue weighted by Gasteiger charge is -2.22. The lowest BCUT2D eigenvalue weighted by Crippen LogP contribution is -2.32. The van der Waals surface area contributed by atoms with Gasteiger partial charge in [0.15, 0.2) is 0 Å². The van der Waals surface area contributed by atoms with Crippen LogP contribution in [0.15, 0.2) is 12.4 Å². The fourth-order valence-corrected chi connectivity index (χ4v) is 1.42. The van der Waals surface area contributed by atoms with E-state index >= 15 is 0 Å². The van der Waals surface area contributed by atoms with Crippen LogP contribution in [0.3, 0.4) is 0 Å². The fraction of sp³-hybridized carbons (Fsp3) is 0.667. The zero-order chi connectivity index (χ0) is 9.10. The van der Waals surface area contributed by atoms with Crippen molar-refractivity contribution in [3.8, 4) is 0 Å². The molecule has 13 heavy (non-hydrogen) atoms. The minimum Gasteiger partial charge on any atom is -0.376 e. The number of nitrogens with zero attached hydrogens (tertiary/aromatic N) is 2. The molecule has 72 valence electrons. The largest absolute Gasteiger partial charge is 0.376 e. The molecule has 1 unspecified atom stereocenters. The van der Waals surface area contributed by atoms with Crippen LogP contribution in [0.5, 0.6) is 0 Å². The number of rotatable bonds is 2. The van der Waals surface area contributed by atoms with E-state index < -0.39 is 0 Å². The summed E-state index contributed by atoms with van der Waals surface area (Å²) in [7, 11) is 0. The summed E-state index contributed by atoms with van der Waals surface area (Å²) in [5.41, 5.74) is 1.18. The molecule has 1 fully saturated rings. The minimum absolute atomic E-state index is 0.160. The lowest BCUT2D eigenvalue weighted by atomic mass is 10.3. The predicted octanol–water partition coefficient (Wildman–Crippen LogP) is 0.607. The normalized spacial score (nSPS) is 23.3. The Morgan fingerprint density at radius 3 is 3.15 bits per heavy atom. The highest BCUT2D eigenvalue weighted by molar-refractivity contribution is 4.99. The average Bonchev–Trinajstić information content (AvgIpc) is 2.53. The SMILES string of the molecule is Cc1cnn(CC2COCCO2)c1. The van der Waals surface area contributed by atoms with E-state index in [-0.39, 0.29) is 6.10 Å². The highest BCUT2D eigenvalue weighted by Crippen LogP contribution is 2.04. The van der Waals surface area contributed by atoms with E-state index in [0.717, 1.165) is 6.54 Å². The molecule has 0 spiro atoms. The van der Waals surface area contributed by atoms with Crippen molar-refractivity contribution < 1.29 is 9.47 Å². The Kier molecular flexibility index (Phi) is 2.61. The van der Waals surface area contributed by atoms with Crippen molar-refractivity contribution in [1.29, 1.82) is 0 Å². The Balaban J connectivity index is 1.89. The van der Waals surface area contributed by atoms with Gasteiger partial charge in [0.1, 0.15) is 6.10 Å². The number of aryl methyl sites for hydroxylation is 1. The second-order valence-corrected chi connectivity index (χ2v) is 3.31. The molecular weight excluding hydrogens is 168 g/mol. The Hall–Kier alpha value is -0.870. The smallest absolute Gasteiger partial charge is 0.100 e. The van der Waals surface area contributed by atoms with Gasteiger partial charge in [-0.1, -0.05) is 0 Å². The second-order valence-electron chi connectivity index (χ2n) is 3.31. The van der Waals surface area contributed by atoms with E-state index in [1.807, 2.05) is 24.0 Å². The summed E-state index contributed by atoms with van der Waals surface area (Å²) >= 11 is 0. The predicted molar refractivity (Wildman–Crippen MR) is 47.5 cm³/mol. The third-order valence-electron chi connectivity index (χ3n) is 2.04. The molecule has 1 saturated heterocycles. The number of ether oxygens (including phenoxy) is 2. The molecule has 0 radical (unpaired) electrons. The summed E-state index contributed by atoms with van der Waals surface area (Å²) in [6.07, 6.45) is 4.02. The van der Waals surface area contributed by atoms with Gasteiger partial charge >= 0.3 is 0 Å². The van der Waals surface area contributed by atoms with Crippen LogP contribution in [-0.4, -0.2) is 35.7 Å². The second kappa shape index (κ2) is 3.89. The molecular formula is C9H14N2O2. The Labute approximate surface area is 77.4 Å². The monoisotopic (exact) mass is 182 g/mol. The molecule has 4 nitrogen and oxygen atoms in total. The van der Waals surface area contributed by atoms with Gasteiger partial charge in [0.05, 0.1) is 32.6 Å². The average molecular weight is 182 g/mol. The topological polar surface area (TPSA) is 36.3 Å². The molecule has 1 aromatic rings. The summed E-state index contributed by atoms with van der Waals surface area (Å²) in [5.74, 6) is 0. The maximum Gasteiger partial charge on any atom is 0.100 e. The molecule has 0 bridgehead atoms. The molecule has 0 aliphatic carbocycles. The summed E-state index contributed by atoms with van der Waals surface area (Å²) < 4.78 is 12.7. The summed E-state index contributed by atoms with van der Waals surface area (Å²) in [5, 5.41) is 4.19. The molecule has 0 N–H and O–H groups in total. The van der Waals surface area contributed by atoms with Gasteiger partial charge in [-0.25, -0.2) is 0 Å². The van der Waals surface area contributed by atoms with Crippen LogP contribution in [0.25, 0.3) is 0 Å². The molecule has 1 aliphatic rings. The van der Waals surface area contributed by atoms with Crippen molar-refractivity contribution >= 4 is 0 Å². The first-order valence-corrected chi connectivity index (χ1v) is 4.53. The van der Waals surface area contributed by atoms with E-state index in [0.29, 0.717) is 19.8 Å². The summed E-state index contributed by atoms with van der Waals surface area (Å²) in [4.78, 5) is 0. The van der Waals surface area contributed by atoms with Crippen molar-refractivity contribution in [1.82, 2.24) is 9.78 Å². The summed E-state index contributed by atoms with van der Waals surface area (Å²) in [6.45, 7) is 4.91. The molecule has 2 heterocycles. The van der Waals surface area contributed by atoms with Gasteiger partial charge in [0.25, 0.3) is 0 Å². The number of aromatic nitrogens is 2. The van der Waals surface area contributed by atoms with Crippen LogP contribution in [0.2, 0.25) is 0 Å². The van der Waals surface area contributed by atoms with E-state index in [2.05, 4.69) is 5.10 Å². The van der Waals surface area contributed by atoms with Crippen LogP contribution in [0, 0.1) is 6.92 Å². The van der Waals surface area contributed by atoms with E-state index in [9.17, 15) is 0 Å². The van der Waals surface area contributed by atoms with Gasteiger partial charge in [-0.05, 0) is 12.5 Å². The minimum atomic E-state index is 0.160. The van der Waals surface area contributed by atoms with Crippen LogP contribution in [-0.2, 0) is 16.0 Å². The maximum atomic E-state index is 5.51. The Morgan fingerprint density at radius 2 is 2.54 bits per heavy atom. The van der Waals surface area contributed by atoms with Gasteiger partial charge in [-0.2, -0.15) is 5.10 Å². The molecule has 1 atom stereocenters. The van der Waals surface area contributed by atoms with Crippen LogP contribution < -0.4 is 0 Å². The van der Waals surface area contributed by atoms with E-state index in [4.69, 9.17) is 9.47 Å². The standard InChI is InChI=1S/C9H14N2O2/c1-8-4-10-11(5-8)6-9-7-12-2-3-13-9/h4-5,9H,2-3,6-7H2,1H3. The van der Waals surface area contributed by atoms with E-state index in [1.165, 1.54) is 5.56 Å². The third kappa shape index (κ3) is 2.29. The molecule has 0 saturated carbocycles. The summed E-state index contributed by atoms with van der Waals surface area (Å²) in [6, 6.07) is 0. The third-order valence-corrected chi connectivity index (χ3v) is 2.04. The van der Waals surface area contributed by atoms with Crippen LogP contribution in [0.1, 0.15) is 5.56 Å². The highest BCUT2D eigenvalue weighted by atomic mass is 16.6. The molecule has 1 aromatic heterocycles. The number of hydrogen-bond acceptors (Lipinski definition) is 3. The van der Waals surface area contributed by atoms with Crippen LogP contribution >= 0.6 is 0 Å². The van der Waals surface area contributed by atoms with Crippen molar-refractivity contribution in [3.05, 3.63) is 18.0 Å². The molecule has 2 rings (SSSR count). The first-order valence-electron chi connectivity index (χ1n) is 4.53. The van der Waals surface area contributed by atoms with E-state index in [1.54, 1.807) is 0 Å². The van der Waals surface area contributed by atoms with Gasteiger partial charge in [-0.15, -0.1) is 0 Å². The van der Waals surface area contributed by atoms with Gasteiger partial charge in [-0.3, -0.25) is 4.68 Å². The van der Waals surface area contributed by atoms with Crippen molar-refractivity contribution in [2.24, 2.45) is 0 Å². The fourth-order valence-electron chi connectivity index (χ4n) is 1.42. The highest BCUT2D eigenvalue weighted by Gasteiger charge is 2.14. The van der Waals surface area contributed by atoms with Gasteiger partial charge < -0.3 is 9.47 Å². The van der Waals surface area contributed by atoms with Gasteiger partial charge in [0, 0.05) is 6.20 Å². The van der Waals surface area contributed by atoms with Crippen molar-refractivity contribution in [2.45, 2.75) is 19.6 Å². The van der Waals surface area contributed by atoms with Gasteiger partial charge in [0.2, 0.25) is 0 Å². The maximum absolute atomic E-state index is 5.51. The first kappa shape index (κ1) is 8.72. The Morgan fingerprint density at radius 1 is 1.62 bits per heavy atom. The molecule has 4 heteroatoms. The lowest BCUT2D eigenvalue weighted by molar-refractivity contribution is -0.0946. The molecule has 1 aliphatic heterocycles. The Bertz CT molecular complexity index is 266. The first-order chi connectivity index (χ1) is 6.34. The van der Waals surface area contributed by atoms with Crippen molar-refractivity contribution in [2.75, 3.05) is 19.8 Å². The quantitative estimate of drug-likeness (QED) is 0.672. The zero-order valence-electron chi connectivity index (χ0n) is 7.77. The van der Waals surface area contributed by atoms with Crippen molar-refractivity contribution in [3.63, 3.8) is 0 Å². The molecule has 0 amide bonds.